The predicted molar refractivity (Wildman–Crippen MR) is 84.9 cm³/mol. The molecule has 2 aromatic rings. The normalized spacial score (nSPS) is 12.7. The summed E-state index contributed by atoms with van der Waals surface area (Å²) in [4.78, 5) is 0. The molecule has 0 spiro atoms. The molecule has 4 heteroatoms. The van der Waals surface area contributed by atoms with Crippen LogP contribution in [0.15, 0.2) is 18.2 Å². The number of halogens is 1. The van der Waals surface area contributed by atoms with Crippen molar-refractivity contribution in [2.75, 3.05) is 7.05 Å². The van der Waals surface area contributed by atoms with Crippen LogP contribution in [0.4, 0.5) is 4.39 Å². The van der Waals surface area contributed by atoms with Gasteiger partial charge in [0.05, 0.1) is 5.69 Å². The summed E-state index contributed by atoms with van der Waals surface area (Å²) in [6.45, 7) is 9.00. The Balaban J connectivity index is 2.56. The zero-order chi connectivity index (χ0) is 15.6. The van der Waals surface area contributed by atoms with Crippen molar-refractivity contribution < 1.29 is 4.39 Å². The minimum atomic E-state index is -0.190. The van der Waals surface area contributed by atoms with Gasteiger partial charge in [-0.05, 0) is 51.9 Å². The lowest BCUT2D eigenvalue weighted by atomic mass is 9.98. The lowest BCUT2D eigenvalue weighted by Crippen LogP contribution is -2.12. The molecule has 0 aliphatic heterocycles. The molecule has 0 aliphatic rings. The Morgan fingerprint density at radius 1 is 1.33 bits per heavy atom. The number of aromatic nitrogens is 2. The minimum Gasteiger partial charge on any atom is -0.313 e. The highest BCUT2D eigenvalue weighted by Crippen LogP contribution is 2.31. The molecule has 0 amide bonds. The van der Waals surface area contributed by atoms with E-state index in [0.717, 1.165) is 35.5 Å². The van der Waals surface area contributed by atoms with Crippen LogP contribution in [0.3, 0.4) is 0 Å². The van der Waals surface area contributed by atoms with E-state index in [9.17, 15) is 4.39 Å². The van der Waals surface area contributed by atoms with E-state index in [1.807, 2.05) is 37.7 Å². The van der Waals surface area contributed by atoms with Crippen LogP contribution in [0.2, 0.25) is 0 Å². The monoisotopic (exact) mass is 289 g/mol. The molecule has 0 fully saturated rings. The van der Waals surface area contributed by atoms with E-state index in [1.165, 1.54) is 0 Å². The third-order valence-electron chi connectivity index (χ3n) is 4.01. The summed E-state index contributed by atoms with van der Waals surface area (Å²) >= 11 is 0. The Labute approximate surface area is 126 Å². The zero-order valence-corrected chi connectivity index (χ0v) is 13.5. The Morgan fingerprint density at radius 2 is 2.05 bits per heavy atom. The lowest BCUT2D eigenvalue weighted by molar-refractivity contribution is 0.583. The molecule has 0 saturated heterocycles. The summed E-state index contributed by atoms with van der Waals surface area (Å²) in [5.41, 5.74) is 4.56. The molecule has 114 valence electrons. The first-order chi connectivity index (χ1) is 9.99. The number of aryl methyl sites for hydroxylation is 2. The molecule has 1 N–H and O–H groups in total. The van der Waals surface area contributed by atoms with Gasteiger partial charge in [0, 0.05) is 29.4 Å². The molecule has 1 unspecified atom stereocenters. The van der Waals surface area contributed by atoms with Gasteiger partial charge >= 0.3 is 0 Å². The van der Waals surface area contributed by atoms with E-state index in [4.69, 9.17) is 0 Å². The molecule has 0 aliphatic carbocycles. The smallest absolute Gasteiger partial charge is 0.131 e. The van der Waals surface area contributed by atoms with Gasteiger partial charge in [0.2, 0.25) is 0 Å². The van der Waals surface area contributed by atoms with E-state index in [0.29, 0.717) is 5.56 Å². The molecule has 1 aromatic heterocycles. The number of rotatable bonds is 5. The molecule has 0 saturated carbocycles. The number of nitrogens with zero attached hydrogens (tertiary/aromatic N) is 2. The maximum atomic E-state index is 14.3. The van der Waals surface area contributed by atoms with Crippen LogP contribution in [-0.4, -0.2) is 16.8 Å². The maximum absolute atomic E-state index is 14.3. The first kappa shape index (κ1) is 15.7. The Bertz CT molecular complexity index is 631. The molecule has 1 aromatic carbocycles. The Kier molecular flexibility index (Phi) is 4.78. The van der Waals surface area contributed by atoms with Crippen LogP contribution < -0.4 is 5.32 Å². The van der Waals surface area contributed by atoms with Crippen molar-refractivity contribution in [2.24, 2.45) is 0 Å². The van der Waals surface area contributed by atoms with Crippen molar-refractivity contribution in [1.29, 1.82) is 0 Å². The summed E-state index contributed by atoms with van der Waals surface area (Å²) in [7, 11) is 1.91. The average Bonchev–Trinajstić information content (AvgIpc) is 2.74. The highest BCUT2D eigenvalue weighted by Gasteiger charge is 2.17. The van der Waals surface area contributed by atoms with Gasteiger partial charge < -0.3 is 5.32 Å². The van der Waals surface area contributed by atoms with Crippen molar-refractivity contribution >= 4 is 0 Å². The molecule has 0 radical (unpaired) electrons. The largest absolute Gasteiger partial charge is 0.313 e. The molecule has 3 nitrogen and oxygen atoms in total. The Hall–Kier alpha value is -1.68. The molecule has 21 heavy (non-hydrogen) atoms. The second-order valence-corrected chi connectivity index (χ2v) is 5.52. The summed E-state index contributed by atoms with van der Waals surface area (Å²) < 4.78 is 16.3. The van der Waals surface area contributed by atoms with Crippen LogP contribution in [0.1, 0.15) is 43.3 Å². The molecular weight excluding hydrogens is 265 g/mol. The highest BCUT2D eigenvalue weighted by molar-refractivity contribution is 5.70. The standard InChI is InChI=1S/C17H24FN3/c1-6-9-21-13(4)17(12(3)20-21)15-10-14(11(2)19-5)7-8-16(15)18/h7-8,10-11,19H,6,9H2,1-5H3. The number of hydrogen-bond donors (Lipinski definition) is 1. The first-order valence-corrected chi connectivity index (χ1v) is 7.50. The zero-order valence-electron chi connectivity index (χ0n) is 13.5. The van der Waals surface area contributed by atoms with Gasteiger partial charge in [-0.15, -0.1) is 0 Å². The quantitative estimate of drug-likeness (QED) is 0.901. The van der Waals surface area contributed by atoms with Crippen LogP contribution in [0.5, 0.6) is 0 Å². The summed E-state index contributed by atoms with van der Waals surface area (Å²) in [5, 5.41) is 7.74. The minimum absolute atomic E-state index is 0.190. The molecule has 1 heterocycles. The van der Waals surface area contributed by atoms with Crippen LogP contribution in [0.25, 0.3) is 11.1 Å². The number of benzene rings is 1. The summed E-state index contributed by atoms with van der Waals surface area (Å²) in [5.74, 6) is -0.190. The highest BCUT2D eigenvalue weighted by atomic mass is 19.1. The van der Waals surface area contributed by atoms with E-state index >= 15 is 0 Å². The molecule has 0 bridgehead atoms. The molecular formula is C17H24FN3. The van der Waals surface area contributed by atoms with Crippen LogP contribution in [0, 0.1) is 19.7 Å². The Morgan fingerprint density at radius 3 is 2.67 bits per heavy atom. The average molecular weight is 289 g/mol. The van der Waals surface area contributed by atoms with Gasteiger partial charge in [0.1, 0.15) is 5.82 Å². The topological polar surface area (TPSA) is 29.9 Å². The summed E-state index contributed by atoms with van der Waals surface area (Å²) in [6.07, 6.45) is 1.01. The van der Waals surface area contributed by atoms with Crippen LogP contribution in [-0.2, 0) is 6.54 Å². The van der Waals surface area contributed by atoms with E-state index < -0.39 is 0 Å². The molecule has 2 rings (SSSR count). The molecule has 1 atom stereocenters. The van der Waals surface area contributed by atoms with Gasteiger partial charge in [-0.2, -0.15) is 5.10 Å². The fraction of sp³-hybridized carbons (Fsp3) is 0.471. The summed E-state index contributed by atoms with van der Waals surface area (Å²) in [6, 6.07) is 5.51. The fourth-order valence-electron chi connectivity index (χ4n) is 2.69. The van der Waals surface area contributed by atoms with Gasteiger partial charge in [0.25, 0.3) is 0 Å². The van der Waals surface area contributed by atoms with Gasteiger partial charge in [-0.25, -0.2) is 4.39 Å². The number of hydrogen-bond acceptors (Lipinski definition) is 2. The lowest BCUT2D eigenvalue weighted by Gasteiger charge is -2.13. The SMILES string of the molecule is CCCn1nc(C)c(-c2cc(C(C)NC)ccc2F)c1C. The second kappa shape index (κ2) is 6.39. The predicted octanol–water partition coefficient (Wildman–Crippen LogP) is 4.00. The first-order valence-electron chi connectivity index (χ1n) is 7.50. The third kappa shape index (κ3) is 3.00. The van der Waals surface area contributed by atoms with Gasteiger partial charge in [-0.3, -0.25) is 4.68 Å². The van der Waals surface area contributed by atoms with Crippen molar-refractivity contribution in [2.45, 2.75) is 46.7 Å². The number of nitrogens with one attached hydrogen (secondary N) is 1. The van der Waals surface area contributed by atoms with Crippen molar-refractivity contribution in [1.82, 2.24) is 15.1 Å². The fourth-order valence-corrected chi connectivity index (χ4v) is 2.69. The van der Waals surface area contributed by atoms with Gasteiger partial charge in [-0.1, -0.05) is 13.0 Å². The van der Waals surface area contributed by atoms with Crippen molar-refractivity contribution in [3.05, 3.63) is 41.0 Å². The van der Waals surface area contributed by atoms with Crippen LogP contribution >= 0.6 is 0 Å². The second-order valence-electron chi connectivity index (χ2n) is 5.52. The van der Waals surface area contributed by atoms with Crippen molar-refractivity contribution in [3.8, 4) is 11.1 Å². The third-order valence-corrected chi connectivity index (χ3v) is 4.01. The van der Waals surface area contributed by atoms with Crippen molar-refractivity contribution in [3.63, 3.8) is 0 Å². The van der Waals surface area contributed by atoms with E-state index in [-0.39, 0.29) is 11.9 Å². The van der Waals surface area contributed by atoms with Gasteiger partial charge in [0.15, 0.2) is 0 Å². The van der Waals surface area contributed by atoms with E-state index in [2.05, 4.69) is 24.3 Å². The maximum Gasteiger partial charge on any atom is 0.131 e. The van der Waals surface area contributed by atoms with E-state index in [1.54, 1.807) is 6.07 Å².